The SMILES string of the molecule is CCN(c1nc(C(=O)O)c(C)s1)C1CCCC1. The van der Waals surface area contributed by atoms with E-state index in [-0.39, 0.29) is 5.69 Å². The number of carboxylic acid groups (broad SMARTS) is 1. The first-order valence-electron chi connectivity index (χ1n) is 6.10. The topological polar surface area (TPSA) is 53.4 Å². The molecule has 94 valence electrons. The van der Waals surface area contributed by atoms with Crippen LogP contribution in [0.25, 0.3) is 0 Å². The Morgan fingerprint density at radius 3 is 2.65 bits per heavy atom. The minimum absolute atomic E-state index is 0.210. The van der Waals surface area contributed by atoms with Crippen LogP contribution in [0.1, 0.15) is 48.0 Å². The summed E-state index contributed by atoms with van der Waals surface area (Å²) < 4.78 is 0. The van der Waals surface area contributed by atoms with Gasteiger partial charge in [-0.15, -0.1) is 11.3 Å². The molecule has 17 heavy (non-hydrogen) atoms. The molecule has 2 rings (SSSR count). The van der Waals surface area contributed by atoms with E-state index in [0.717, 1.165) is 16.6 Å². The van der Waals surface area contributed by atoms with Crippen molar-refractivity contribution in [2.24, 2.45) is 0 Å². The lowest BCUT2D eigenvalue weighted by molar-refractivity contribution is 0.0690. The number of carbonyl (C=O) groups is 1. The first kappa shape index (κ1) is 12.4. The van der Waals surface area contributed by atoms with Crippen molar-refractivity contribution >= 4 is 22.4 Å². The Hall–Kier alpha value is -1.10. The summed E-state index contributed by atoms with van der Waals surface area (Å²) in [6.07, 6.45) is 4.96. The van der Waals surface area contributed by atoms with Crippen LogP contribution in [-0.2, 0) is 0 Å². The third kappa shape index (κ3) is 2.44. The smallest absolute Gasteiger partial charge is 0.355 e. The maximum absolute atomic E-state index is 11.0. The molecule has 5 heteroatoms. The molecule has 0 atom stereocenters. The van der Waals surface area contributed by atoms with Crippen LogP contribution >= 0.6 is 11.3 Å². The lowest BCUT2D eigenvalue weighted by Gasteiger charge is -2.26. The number of aromatic carboxylic acids is 1. The van der Waals surface area contributed by atoms with Crippen molar-refractivity contribution in [2.75, 3.05) is 11.4 Å². The molecule has 0 spiro atoms. The molecule has 0 unspecified atom stereocenters. The van der Waals surface area contributed by atoms with Crippen molar-refractivity contribution in [1.82, 2.24) is 4.98 Å². The van der Waals surface area contributed by atoms with E-state index in [1.165, 1.54) is 37.0 Å². The average Bonchev–Trinajstić information content (AvgIpc) is 2.89. The number of hydrogen-bond acceptors (Lipinski definition) is 4. The van der Waals surface area contributed by atoms with Gasteiger partial charge in [0.05, 0.1) is 0 Å². The van der Waals surface area contributed by atoms with Gasteiger partial charge < -0.3 is 10.0 Å². The van der Waals surface area contributed by atoms with Crippen LogP contribution in [0.2, 0.25) is 0 Å². The fourth-order valence-corrected chi connectivity index (χ4v) is 3.51. The Bertz CT molecular complexity index is 411. The fraction of sp³-hybridized carbons (Fsp3) is 0.667. The largest absolute Gasteiger partial charge is 0.476 e. The van der Waals surface area contributed by atoms with Crippen LogP contribution in [0.15, 0.2) is 0 Å². The second-order valence-corrected chi connectivity index (χ2v) is 5.61. The van der Waals surface area contributed by atoms with Gasteiger partial charge in [0.15, 0.2) is 10.8 Å². The minimum atomic E-state index is -0.924. The molecule has 0 amide bonds. The quantitative estimate of drug-likeness (QED) is 0.897. The average molecular weight is 254 g/mol. The Morgan fingerprint density at radius 2 is 2.18 bits per heavy atom. The molecule has 4 nitrogen and oxygen atoms in total. The molecule has 1 aliphatic rings. The van der Waals surface area contributed by atoms with Crippen molar-refractivity contribution in [1.29, 1.82) is 0 Å². The molecule has 0 aromatic carbocycles. The molecular weight excluding hydrogens is 236 g/mol. The van der Waals surface area contributed by atoms with Gasteiger partial charge in [-0.1, -0.05) is 12.8 Å². The van der Waals surface area contributed by atoms with Gasteiger partial charge in [-0.3, -0.25) is 0 Å². The highest BCUT2D eigenvalue weighted by atomic mass is 32.1. The van der Waals surface area contributed by atoms with Crippen LogP contribution in [0.3, 0.4) is 0 Å². The number of anilines is 1. The Labute approximate surface area is 105 Å². The molecule has 0 bridgehead atoms. The number of carboxylic acids is 1. The summed E-state index contributed by atoms with van der Waals surface area (Å²) in [4.78, 5) is 18.3. The Balaban J connectivity index is 2.24. The molecule has 1 aromatic rings. The summed E-state index contributed by atoms with van der Waals surface area (Å²) in [5, 5.41) is 9.89. The number of hydrogen-bond donors (Lipinski definition) is 1. The van der Waals surface area contributed by atoms with E-state index in [9.17, 15) is 4.79 Å². The summed E-state index contributed by atoms with van der Waals surface area (Å²) in [7, 11) is 0. The van der Waals surface area contributed by atoms with Crippen molar-refractivity contribution in [3.05, 3.63) is 10.6 Å². The molecule has 0 radical (unpaired) electrons. The molecule has 1 aromatic heterocycles. The van der Waals surface area contributed by atoms with Crippen LogP contribution in [-0.4, -0.2) is 28.6 Å². The van der Waals surface area contributed by atoms with E-state index in [1.54, 1.807) is 0 Å². The van der Waals surface area contributed by atoms with E-state index >= 15 is 0 Å². The van der Waals surface area contributed by atoms with Gasteiger partial charge in [0.2, 0.25) is 0 Å². The highest BCUT2D eigenvalue weighted by molar-refractivity contribution is 7.15. The van der Waals surface area contributed by atoms with E-state index in [2.05, 4.69) is 16.8 Å². The zero-order chi connectivity index (χ0) is 12.4. The molecule has 0 saturated heterocycles. The zero-order valence-corrected chi connectivity index (χ0v) is 11.1. The van der Waals surface area contributed by atoms with Gasteiger partial charge in [0, 0.05) is 17.5 Å². The number of rotatable bonds is 4. The normalized spacial score (nSPS) is 16.4. The van der Waals surface area contributed by atoms with Gasteiger partial charge >= 0.3 is 5.97 Å². The van der Waals surface area contributed by atoms with Gasteiger partial charge in [-0.05, 0) is 26.7 Å². The summed E-state index contributed by atoms with van der Waals surface area (Å²) in [6, 6.07) is 0.548. The molecule has 1 aliphatic carbocycles. The third-order valence-electron chi connectivity index (χ3n) is 3.34. The molecule has 1 N–H and O–H groups in total. The van der Waals surface area contributed by atoms with Crippen molar-refractivity contribution < 1.29 is 9.90 Å². The first-order valence-corrected chi connectivity index (χ1v) is 6.92. The predicted octanol–water partition coefficient (Wildman–Crippen LogP) is 2.92. The first-order chi connectivity index (χ1) is 8.13. The minimum Gasteiger partial charge on any atom is -0.476 e. The van der Waals surface area contributed by atoms with Crippen molar-refractivity contribution in [2.45, 2.75) is 45.6 Å². The van der Waals surface area contributed by atoms with Gasteiger partial charge in [-0.2, -0.15) is 0 Å². The van der Waals surface area contributed by atoms with Gasteiger partial charge in [0.1, 0.15) is 0 Å². The van der Waals surface area contributed by atoms with Crippen molar-refractivity contribution in [3.8, 4) is 0 Å². The van der Waals surface area contributed by atoms with Gasteiger partial charge in [-0.25, -0.2) is 9.78 Å². The number of aromatic nitrogens is 1. The maximum Gasteiger partial charge on any atom is 0.355 e. The van der Waals surface area contributed by atoms with Crippen molar-refractivity contribution in [3.63, 3.8) is 0 Å². The van der Waals surface area contributed by atoms with Crippen LogP contribution in [0.4, 0.5) is 5.13 Å². The molecule has 1 heterocycles. The van der Waals surface area contributed by atoms with Crippen LogP contribution < -0.4 is 4.90 Å². The Kier molecular flexibility index (Phi) is 3.66. The van der Waals surface area contributed by atoms with Gasteiger partial charge in [0.25, 0.3) is 0 Å². The Morgan fingerprint density at radius 1 is 1.53 bits per heavy atom. The van der Waals surface area contributed by atoms with E-state index < -0.39 is 5.97 Å². The highest BCUT2D eigenvalue weighted by Crippen LogP contribution is 2.32. The van der Waals surface area contributed by atoms with E-state index in [1.807, 2.05) is 6.92 Å². The molecule has 0 aliphatic heterocycles. The standard InChI is InChI=1S/C12H18N2O2S/c1-3-14(9-6-4-5-7-9)12-13-10(11(15)16)8(2)17-12/h9H,3-7H2,1-2H3,(H,15,16). The lowest BCUT2D eigenvalue weighted by atomic mass is 10.2. The summed E-state index contributed by atoms with van der Waals surface area (Å²) in [6.45, 7) is 4.83. The number of aryl methyl sites for hydroxylation is 1. The zero-order valence-electron chi connectivity index (χ0n) is 10.3. The third-order valence-corrected chi connectivity index (χ3v) is 4.35. The number of nitrogens with zero attached hydrogens (tertiary/aromatic N) is 2. The lowest BCUT2D eigenvalue weighted by Crippen LogP contribution is -2.32. The monoisotopic (exact) mass is 254 g/mol. The van der Waals surface area contributed by atoms with Crippen LogP contribution in [0, 0.1) is 6.92 Å². The second-order valence-electron chi connectivity index (χ2n) is 4.43. The summed E-state index contributed by atoms with van der Waals surface area (Å²) in [5.41, 5.74) is 0.210. The van der Waals surface area contributed by atoms with Crippen LogP contribution in [0.5, 0.6) is 0 Å². The number of thiazole rings is 1. The van der Waals surface area contributed by atoms with E-state index in [0.29, 0.717) is 6.04 Å². The molecule has 1 fully saturated rings. The van der Waals surface area contributed by atoms with E-state index in [4.69, 9.17) is 5.11 Å². The fourth-order valence-electron chi connectivity index (χ4n) is 2.47. The summed E-state index contributed by atoms with van der Waals surface area (Å²) >= 11 is 1.50. The second kappa shape index (κ2) is 5.04. The maximum atomic E-state index is 11.0. The summed E-state index contributed by atoms with van der Waals surface area (Å²) in [5.74, 6) is -0.924. The highest BCUT2D eigenvalue weighted by Gasteiger charge is 2.25. The predicted molar refractivity (Wildman–Crippen MR) is 69.1 cm³/mol. The molecule has 1 saturated carbocycles. The molecular formula is C12H18N2O2S.